The highest BCUT2D eigenvalue weighted by Gasteiger charge is 2.30. The van der Waals surface area contributed by atoms with E-state index in [4.69, 9.17) is 13.9 Å². The first kappa shape index (κ1) is 13.5. The van der Waals surface area contributed by atoms with Crippen LogP contribution in [-0.4, -0.2) is 38.0 Å². The summed E-state index contributed by atoms with van der Waals surface area (Å²) >= 11 is 0. The number of hydrogen-bond acceptors (Lipinski definition) is 5. The number of ether oxygens (including phenoxy) is 2. The second kappa shape index (κ2) is 6.87. The average Bonchev–Trinajstić information content (AvgIpc) is 3.02. The van der Waals surface area contributed by atoms with Crippen LogP contribution in [0.1, 0.15) is 37.3 Å². The molecule has 1 aliphatic heterocycles. The van der Waals surface area contributed by atoms with E-state index >= 15 is 0 Å². The Morgan fingerprint density at radius 2 is 2.44 bits per heavy atom. The van der Waals surface area contributed by atoms with Gasteiger partial charge in [0.1, 0.15) is 5.76 Å². The molecule has 0 aliphatic carbocycles. The van der Waals surface area contributed by atoms with Gasteiger partial charge in [-0.05, 0) is 12.8 Å². The Morgan fingerprint density at radius 3 is 3.22 bits per heavy atom. The standard InChI is InChI=1S/C13H22N2O3/c1-3-11-10(4-6-17-11)12-8-15-13(18-12)9-14-5-7-16-2/h8,10-11,14H,3-7,9H2,1-2H3. The lowest BCUT2D eigenvalue weighted by Crippen LogP contribution is -2.18. The number of oxazole rings is 1. The summed E-state index contributed by atoms with van der Waals surface area (Å²) in [5, 5.41) is 3.22. The summed E-state index contributed by atoms with van der Waals surface area (Å²) in [5.41, 5.74) is 0. The van der Waals surface area contributed by atoms with Crippen molar-refractivity contribution in [3.63, 3.8) is 0 Å². The molecule has 1 aromatic rings. The molecule has 5 nitrogen and oxygen atoms in total. The summed E-state index contributed by atoms with van der Waals surface area (Å²) in [6, 6.07) is 0. The van der Waals surface area contributed by atoms with Crippen LogP contribution in [0.5, 0.6) is 0 Å². The minimum absolute atomic E-state index is 0.284. The molecule has 0 bridgehead atoms. The predicted molar refractivity (Wildman–Crippen MR) is 67.5 cm³/mol. The van der Waals surface area contributed by atoms with Crippen molar-refractivity contribution >= 4 is 0 Å². The van der Waals surface area contributed by atoms with Gasteiger partial charge in [-0.2, -0.15) is 0 Å². The highest BCUT2D eigenvalue weighted by atomic mass is 16.5. The molecule has 2 unspecified atom stereocenters. The second-order valence-corrected chi connectivity index (χ2v) is 4.54. The van der Waals surface area contributed by atoms with Gasteiger partial charge in [0, 0.05) is 26.2 Å². The molecule has 0 spiro atoms. The van der Waals surface area contributed by atoms with Crippen LogP contribution >= 0.6 is 0 Å². The number of nitrogens with one attached hydrogen (secondary N) is 1. The predicted octanol–water partition coefficient (Wildman–Crippen LogP) is 1.69. The van der Waals surface area contributed by atoms with Crippen molar-refractivity contribution < 1.29 is 13.9 Å². The van der Waals surface area contributed by atoms with E-state index in [0.29, 0.717) is 19.1 Å². The van der Waals surface area contributed by atoms with Crippen molar-refractivity contribution in [2.24, 2.45) is 0 Å². The topological polar surface area (TPSA) is 56.5 Å². The van der Waals surface area contributed by atoms with Gasteiger partial charge in [-0.1, -0.05) is 6.92 Å². The summed E-state index contributed by atoms with van der Waals surface area (Å²) < 4.78 is 16.4. The summed E-state index contributed by atoms with van der Waals surface area (Å²) in [6.07, 6.45) is 4.18. The summed E-state index contributed by atoms with van der Waals surface area (Å²) in [6.45, 7) is 5.12. The third-order valence-electron chi connectivity index (χ3n) is 3.31. The Morgan fingerprint density at radius 1 is 1.56 bits per heavy atom. The largest absolute Gasteiger partial charge is 0.444 e. The Kier molecular flexibility index (Phi) is 5.16. The molecule has 0 saturated carbocycles. The normalized spacial score (nSPS) is 23.7. The van der Waals surface area contributed by atoms with Gasteiger partial charge >= 0.3 is 0 Å². The van der Waals surface area contributed by atoms with Gasteiger partial charge in [0.25, 0.3) is 0 Å². The maximum absolute atomic E-state index is 5.79. The molecule has 2 atom stereocenters. The van der Waals surface area contributed by atoms with Gasteiger partial charge in [0.2, 0.25) is 5.89 Å². The van der Waals surface area contributed by atoms with Crippen LogP contribution in [-0.2, 0) is 16.0 Å². The fraction of sp³-hybridized carbons (Fsp3) is 0.769. The molecular weight excluding hydrogens is 232 g/mol. The van der Waals surface area contributed by atoms with Crippen molar-refractivity contribution in [2.45, 2.75) is 38.3 Å². The highest BCUT2D eigenvalue weighted by Crippen LogP contribution is 2.33. The first-order valence-corrected chi connectivity index (χ1v) is 6.61. The monoisotopic (exact) mass is 254 g/mol. The minimum atomic E-state index is 0.284. The zero-order chi connectivity index (χ0) is 12.8. The van der Waals surface area contributed by atoms with Gasteiger partial charge in [-0.15, -0.1) is 0 Å². The Labute approximate surface area is 108 Å². The molecule has 102 valence electrons. The Hall–Kier alpha value is -0.910. The third-order valence-corrected chi connectivity index (χ3v) is 3.31. The van der Waals surface area contributed by atoms with E-state index in [1.807, 2.05) is 6.20 Å². The van der Waals surface area contributed by atoms with E-state index in [0.717, 1.165) is 37.6 Å². The van der Waals surface area contributed by atoms with E-state index < -0.39 is 0 Å². The third kappa shape index (κ3) is 3.31. The number of aromatic nitrogens is 1. The molecule has 0 aromatic carbocycles. The lowest BCUT2D eigenvalue weighted by Gasteiger charge is -2.13. The molecule has 1 fully saturated rings. The van der Waals surface area contributed by atoms with Crippen molar-refractivity contribution in [3.8, 4) is 0 Å². The van der Waals surface area contributed by atoms with Gasteiger partial charge in [0.05, 0.1) is 25.5 Å². The minimum Gasteiger partial charge on any atom is -0.444 e. The van der Waals surface area contributed by atoms with Crippen LogP contribution < -0.4 is 5.32 Å². The molecule has 18 heavy (non-hydrogen) atoms. The van der Waals surface area contributed by atoms with Crippen LogP contribution in [0, 0.1) is 0 Å². The van der Waals surface area contributed by atoms with E-state index in [2.05, 4.69) is 17.2 Å². The second-order valence-electron chi connectivity index (χ2n) is 4.54. The maximum atomic E-state index is 5.79. The van der Waals surface area contributed by atoms with Gasteiger partial charge in [0.15, 0.2) is 0 Å². The quantitative estimate of drug-likeness (QED) is 0.750. The molecule has 1 aromatic heterocycles. The lowest BCUT2D eigenvalue weighted by molar-refractivity contribution is 0.0971. The molecule has 0 radical (unpaired) electrons. The summed E-state index contributed by atoms with van der Waals surface area (Å²) in [5.74, 6) is 2.07. The maximum Gasteiger partial charge on any atom is 0.208 e. The molecule has 1 aliphatic rings. The molecule has 0 amide bonds. The Balaban J connectivity index is 1.85. The summed E-state index contributed by atoms with van der Waals surface area (Å²) in [4.78, 5) is 4.30. The first-order chi connectivity index (χ1) is 8.85. The van der Waals surface area contributed by atoms with Crippen molar-refractivity contribution in [1.82, 2.24) is 10.3 Å². The van der Waals surface area contributed by atoms with Gasteiger partial charge in [-0.25, -0.2) is 4.98 Å². The smallest absolute Gasteiger partial charge is 0.208 e. The van der Waals surface area contributed by atoms with E-state index in [-0.39, 0.29) is 6.10 Å². The van der Waals surface area contributed by atoms with E-state index in [1.165, 1.54) is 0 Å². The van der Waals surface area contributed by atoms with Gasteiger partial charge < -0.3 is 19.2 Å². The van der Waals surface area contributed by atoms with E-state index in [9.17, 15) is 0 Å². The van der Waals surface area contributed by atoms with Gasteiger partial charge in [-0.3, -0.25) is 0 Å². The molecule has 1 saturated heterocycles. The molecule has 5 heteroatoms. The molecule has 2 heterocycles. The average molecular weight is 254 g/mol. The highest BCUT2D eigenvalue weighted by molar-refractivity contribution is 5.06. The summed E-state index contributed by atoms with van der Waals surface area (Å²) in [7, 11) is 1.69. The zero-order valence-corrected chi connectivity index (χ0v) is 11.1. The van der Waals surface area contributed by atoms with Crippen LogP contribution in [0.3, 0.4) is 0 Å². The molecule has 1 N–H and O–H groups in total. The number of nitrogens with zero attached hydrogens (tertiary/aromatic N) is 1. The fourth-order valence-corrected chi connectivity index (χ4v) is 2.32. The van der Waals surface area contributed by atoms with Crippen LogP contribution in [0.2, 0.25) is 0 Å². The van der Waals surface area contributed by atoms with Crippen molar-refractivity contribution in [1.29, 1.82) is 0 Å². The Bertz CT molecular complexity index is 354. The molecule has 2 rings (SSSR count). The van der Waals surface area contributed by atoms with Crippen LogP contribution in [0.4, 0.5) is 0 Å². The van der Waals surface area contributed by atoms with Crippen LogP contribution in [0.25, 0.3) is 0 Å². The first-order valence-electron chi connectivity index (χ1n) is 6.61. The number of rotatable bonds is 7. The van der Waals surface area contributed by atoms with Crippen molar-refractivity contribution in [3.05, 3.63) is 17.8 Å². The van der Waals surface area contributed by atoms with E-state index in [1.54, 1.807) is 7.11 Å². The number of methoxy groups -OCH3 is 1. The van der Waals surface area contributed by atoms with Crippen LogP contribution in [0.15, 0.2) is 10.6 Å². The SMILES string of the molecule is CCC1OCCC1c1cnc(CNCCOC)o1. The number of hydrogen-bond donors (Lipinski definition) is 1. The van der Waals surface area contributed by atoms with Crippen molar-refractivity contribution in [2.75, 3.05) is 26.9 Å². The lowest BCUT2D eigenvalue weighted by atomic mass is 9.97. The zero-order valence-electron chi connectivity index (χ0n) is 11.1. The molecular formula is C13H22N2O3. The fourth-order valence-electron chi connectivity index (χ4n) is 2.32.